The molecule has 0 aromatic heterocycles. The number of hydrogen-bond acceptors (Lipinski definition) is 0. The Labute approximate surface area is 74.7 Å². The summed E-state index contributed by atoms with van der Waals surface area (Å²) in [5, 5.41) is 0. The van der Waals surface area contributed by atoms with Gasteiger partial charge in [-0.15, -0.1) is 0 Å². The van der Waals surface area contributed by atoms with Gasteiger partial charge in [0, 0.05) is 0 Å². The fourth-order valence-corrected chi connectivity index (χ4v) is 2.21. The highest BCUT2D eigenvalue weighted by Crippen LogP contribution is 2.36. The van der Waals surface area contributed by atoms with Gasteiger partial charge in [0.2, 0.25) is 0 Å². The second kappa shape index (κ2) is 2.93. The molecule has 0 heterocycles. The molecule has 12 heavy (non-hydrogen) atoms. The van der Waals surface area contributed by atoms with Crippen LogP contribution in [0.5, 0.6) is 0 Å². The van der Waals surface area contributed by atoms with Crippen molar-refractivity contribution in [3.05, 3.63) is 34.9 Å². The Morgan fingerprint density at radius 2 is 2.00 bits per heavy atom. The number of hydrogen-bond donors (Lipinski definition) is 0. The molecule has 0 radical (unpaired) electrons. The summed E-state index contributed by atoms with van der Waals surface area (Å²) in [6.07, 6.45) is 8.69. The average molecular weight is 160 g/mol. The van der Waals surface area contributed by atoms with Gasteiger partial charge in [-0.1, -0.05) is 23.8 Å². The van der Waals surface area contributed by atoms with Crippen molar-refractivity contribution in [3.8, 4) is 0 Å². The van der Waals surface area contributed by atoms with Gasteiger partial charge in [0.25, 0.3) is 0 Å². The zero-order chi connectivity index (χ0) is 8.55. The Balaban J connectivity index is 2.36. The van der Waals surface area contributed by atoms with E-state index in [4.69, 9.17) is 0 Å². The lowest BCUT2D eigenvalue weighted by molar-refractivity contribution is 0.734. The lowest BCUT2D eigenvalue weighted by Gasteiger charge is -2.24. The van der Waals surface area contributed by atoms with Gasteiger partial charge in [0.05, 0.1) is 0 Å². The van der Waals surface area contributed by atoms with E-state index in [-0.39, 0.29) is 0 Å². The van der Waals surface area contributed by atoms with Crippen LogP contribution in [-0.2, 0) is 0 Å². The van der Waals surface area contributed by atoms with Gasteiger partial charge in [-0.3, -0.25) is 0 Å². The molecule has 0 spiro atoms. The quantitative estimate of drug-likeness (QED) is 0.506. The Hall–Kier alpha value is -0.780. The molecule has 0 atom stereocenters. The van der Waals surface area contributed by atoms with Gasteiger partial charge in [-0.2, -0.15) is 0 Å². The Morgan fingerprint density at radius 3 is 2.83 bits per heavy atom. The summed E-state index contributed by atoms with van der Waals surface area (Å²) in [5.41, 5.74) is 6.10. The molecule has 2 aliphatic carbocycles. The van der Waals surface area contributed by atoms with Gasteiger partial charge in [-0.25, -0.2) is 0 Å². The Bertz CT molecular complexity index is 276. The maximum atomic E-state index is 4.14. The van der Waals surface area contributed by atoms with Crippen molar-refractivity contribution < 1.29 is 0 Å². The molecule has 0 saturated heterocycles. The van der Waals surface area contributed by atoms with Gasteiger partial charge in [0.15, 0.2) is 0 Å². The molecule has 0 fully saturated rings. The molecule has 0 N–H and O–H groups in total. The summed E-state index contributed by atoms with van der Waals surface area (Å²) in [7, 11) is 0. The molecule has 0 unspecified atom stereocenters. The van der Waals surface area contributed by atoms with Crippen molar-refractivity contribution in [2.24, 2.45) is 0 Å². The summed E-state index contributed by atoms with van der Waals surface area (Å²) in [6.45, 7) is 6.37. The first-order valence-electron chi connectivity index (χ1n) is 4.85. The van der Waals surface area contributed by atoms with Crippen LogP contribution in [-0.4, -0.2) is 0 Å². The van der Waals surface area contributed by atoms with Crippen molar-refractivity contribution in [2.75, 3.05) is 0 Å². The van der Waals surface area contributed by atoms with Crippen molar-refractivity contribution in [1.82, 2.24) is 0 Å². The van der Waals surface area contributed by atoms with Gasteiger partial charge in [0.1, 0.15) is 0 Å². The molecule has 0 aliphatic heterocycles. The van der Waals surface area contributed by atoms with E-state index < -0.39 is 0 Å². The third-order valence-electron chi connectivity index (χ3n) is 2.93. The standard InChI is InChI=1S/C12H16/c1-9-6-7-12-10(2)4-3-5-11(12)8-9/h8H,2-7H2,1H3. The molecule has 0 heteroatoms. The minimum Gasteiger partial charge on any atom is -0.0955 e. The maximum Gasteiger partial charge on any atom is -0.0236 e. The molecule has 0 saturated carbocycles. The van der Waals surface area contributed by atoms with Crippen LogP contribution in [0.1, 0.15) is 39.0 Å². The highest BCUT2D eigenvalue weighted by Gasteiger charge is 2.17. The predicted molar refractivity (Wildman–Crippen MR) is 53.0 cm³/mol. The SMILES string of the molecule is C=C1CCCC2=C1CCC(C)=C2. The van der Waals surface area contributed by atoms with Crippen LogP contribution in [0.2, 0.25) is 0 Å². The third-order valence-corrected chi connectivity index (χ3v) is 2.93. The lowest BCUT2D eigenvalue weighted by atomic mass is 9.81. The summed E-state index contributed by atoms with van der Waals surface area (Å²) in [4.78, 5) is 0. The van der Waals surface area contributed by atoms with E-state index in [9.17, 15) is 0 Å². The maximum absolute atomic E-state index is 4.14. The van der Waals surface area contributed by atoms with Crippen LogP contribution in [0.4, 0.5) is 0 Å². The number of allylic oxidation sites excluding steroid dienone is 5. The molecule has 0 bridgehead atoms. The predicted octanol–water partition coefficient (Wildman–Crippen LogP) is 3.76. The first kappa shape index (κ1) is 7.85. The van der Waals surface area contributed by atoms with Crippen molar-refractivity contribution in [1.29, 1.82) is 0 Å². The monoisotopic (exact) mass is 160 g/mol. The van der Waals surface area contributed by atoms with Crippen LogP contribution in [0, 0.1) is 0 Å². The van der Waals surface area contributed by atoms with E-state index in [0.29, 0.717) is 0 Å². The summed E-state index contributed by atoms with van der Waals surface area (Å²) in [6, 6.07) is 0. The average Bonchev–Trinajstić information content (AvgIpc) is 2.04. The van der Waals surface area contributed by atoms with Crippen LogP contribution in [0.25, 0.3) is 0 Å². The first-order valence-corrected chi connectivity index (χ1v) is 4.85. The normalized spacial score (nSPS) is 23.8. The molecule has 0 amide bonds. The largest absolute Gasteiger partial charge is 0.0955 e. The number of rotatable bonds is 0. The minimum atomic E-state index is 1.23. The van der Waals surface area contributed by atoms with E-state index in [1.165, 1.54) is 37.7 Å². The van der Waals surface area contributed by atoms with E-state index >= 15 is 0 Å². The zero-order valence-corrected chi connectivity index (χ0v) is 7.82. The third kappa shape index (κ3) is 1.26. The van der Waals surface area contributed by atoms with Crippen LogP contribution >= 0.6 is 0 Å². The molecule has 0 nitrogen and oxygen atoms in total. The minimum absolute atomic E-state index is 1.23. The fourth-order valence-electron chi connectivity index (χ4n) is 2.21. The second-order valence-electron chi connectivity index (χ2n) is 3.95. The van der Waals surface area contributed by atoms with Gasteiger partial charge in [-0.05, 0) is 50.2 Å². The van der Waals surface area contributed by atoms with Crippen molar-refractivity contribution in [3.63, 3.8) is 0 Å². The second-order valence-corrected chi connectivity index (χ2v) is 3.95. The molecule has 64 valence electrons. The fraction of sp³-hybridized carbons (Fsp3) is 0.500. The molecular formula is C12H16. The molecule has 2 rings (SSSR count). The van der Waals surface area contributed by atoms with Crippen molar-refractivity contribution >= 4 is 0 Å². The summed E-state index contributed by atoms with van der Waals surface area (Å²) in [5.74, 6) is 0. The zero-order valence-electron chi connectivity index (χ0n) is 7.82. The van der Waals surface area contributed by atoms with E-state index in [2.05, 4.69) is 19.6 Å². The first-order chi connectivity index (χ1) is 5.77. The smallest absolute Gasteiger partial charge is 0.0236 e. The van der Waals surface area contributed by atoms with Crippen LogP contribution < -0.4 is 0 Å². The lowest BCUT2D eigenvalue weighted by Crippen LogP contribution is -2.05. The highest BCUT2D eigenvalue weighted by atomic mass is 14.2. The highest BCUT2D eigenvalue weighted by molar-refractivity contribution is 5.44. The molecule has 0 aromatic rings. The van der Waals surface area contributed by atoms with Gasteiger partial charge >= 0.3 is 0 Å². The summed E-state index contributed by atoms with van der Waals surface area (Å²) < 4.78 is 0. The van der Waals surface area contributed by atoms with E-state index in [1.54, 1.807) is 16.7 Å². The molecule has 2 aliphatic rings. The summed E-state index contributed by atoms with van der Waals surface area (Å²) >= 11 is 0. The topological polar surface area (TPSA) is 0 Å². The van der Waals surface area contributed by atoms with Crippen LogP contribution in [0.15, 0.2) is 34.9 Å². The van der Waals surface area contributed by atoms with Crippen molar-refractivity contribution in [2.45, 2.75) is 39.0 Å². The van der Waals surface area contributed by atoms with Gasteiger partial charge < -0.3 is 0 Å². The van der Waals surface area contributed by atoms with E-state index in [0.717, 1.165) is 0 Å². The molecule has 0 aromatic carbocycles. The van der Waals surface area contributed by atoms with Crippen LogP contribution in [0.3, 0.4) is 0 Å². The Morgan fingerprint density at radius 1 is 1.17 bits per heavy atom. The van der Waals surface area contributed by atoms with E-state index in [1.807, 2.05) is 0 Å². The Kier molecular flexibility index (Phi) is 1.92. The molecular weight excluding hydrogens is 144 g/mol.